The Labute approximate surface area is 174 Å². The Hall–Kier alpha value is -3.13. The molecule has 1 amide bonds. The number of carbonyl (C=O) groups excluding carboxylic acids is 1. The van der Waals surface area contributed by atoms with Crippen LogP contribution in [0.3, 0.4) is 0 Å². The number of aliphatic hydroxyl groups excluding tert-OH is 1. The average molecular weight is 407 g/mol. The van der Waals surface area contributed by atoms with E-state index in [9.17, 15) is 9.90 Å². The number of anilines is 2. The minimum absolute atomic E-state index is 0.167. The molecule has 156 valence electrons. The SMILES string of the molecule is CC1(C)Cc2cc(NC(=O)c3cnn4cccnc34)c(N3CCC(CO)C3)cc2O1. The maximum absolute atomic E-state index is 13.1. The number of aromatic nitrogens is 3. The molecule has 1 saturated heterocycles. The van der Waals surface area contributed by atoms with Crippen LogP contribution in [0.2, 0.25) is 0 Å². The summed E-state index contributed by atoms with van der Waals surface area (Å²) in [5, 5.41) is 16.9. The van der Waals surface area contributed by atoms with Gasteiger partial charge in [-0.1, -0.05) is 0 Å². The number of fused-ring (bicyclic) bond motifs is 2. The van der Waals surface area contributed by atoms with Crippen LogP contribution in [0.4, 0.5) is 11.4 Å². The summed E-state index contributed by atoms with van der Waals surface area (Å²) in [7, 11) is 0. The van der Waals surface area contributed by atoms with Crippen molar-refractivity contribution in [1.29, 1.82) is 0 Å². The zero-order valence-corrected chi connectivity index (χ0v) is 17.1. The lowest BCUT2D eigenvalue weighted by Gasteiger charge is -2.23. The fourth-order valence-electron chi connectivity index (χ4n) is 4.38. The second-order valence-electron chi connectivity index (χ2n) is 8.70. The maximum Gasteiger partial charge on any atom is 0.261 e. The smallest absolute Gasteiger partial charge is 0.261 e. The van der Waals surface area contributed by atoms with E-state index in [0.717, 1.165) is 48.6 Å². The molecule has 2 aromatic heterocycles. The van der Waals surface area contributed by atoms with Crippen LogP contribution in [0.15, 0.2) is 36.8 Å². The van der Waals surface area contributed by atoms with Crippen LogP contribution in [0.25, 0.3) is 5.65 Å². The van der Waals surface area contributed by atoms with Crippen LogP contribution in [0.1, 0.15) is 36.2 Å². The van der Waals surface area contributed by atoms with Crippen molar-refractivity contribution >= 4 is 22.9 Å². The van der Waals surface area contributed by atoms with Gasteiger partial charge in [0.25, 0.3) is 5.91 Å². The molecule has 8 heteroatoms. The zero-order chi connectivity index (χ0) is 20.9. The molecule has 0 bridgehead atoms. The van der Waals surface area contributed by atoms with E-state index < -0.39 is 0 Å². The first-order chi connectivity index (χ1) is 14.4. The molecule has 0 radical (unpaired) electrons. The number of amides is 1. The molecule has 1 aromatic carbocycles. The van der Waals surface area contributed by atoms with Gasteiger partial charge in [-0.2, -0.15) is 5.10 Å². The number of hydrogen-bond acceptors (Lipinski definition) is 6. The molecule has 5 rings (SSSR count). The van der Waals surface area contributed by atoms with Gasteiger partial charge in [-0.15, -0.1) is 0 Å². The molecule has 0 aliphatic carbocycles. The van der Waals surface area contributed by atoms with Crippen LogP contribution >= 0.6 is 0 Å². The molecule has 1 atom stereocenters. The van der Waals surface area contributed by atoms with Crippen molar-refractivity contribution in [1.82, 2.24) is 14.6 Å². The molecule has 8 nitrogen and oxygen atoms in total. The molecule has 2 aliphatic rings. The maximum atomic E-state index is 13.1. The van der Waals surface area contributed by atoms with Crippen LogP contribution in [-0.2, 0) is 6.42 Å². The highest BCUT2D eigenvalue weighted by Crippen LogP contribution is 2.42. The van der Waals surface area contributed by atoms with E-state index in [1.807, 2.05) is 12.1 Å². The Morgan fingerprint density at radius 3 is 3.07 bits per heavy atom. The van der Waals surface area contributed by atoms with Gasteiger partial charge < -0.3 is 20.1 Å². The zero-order valence-electron chi connectivity index (χ0n) is 17.1. The number of hydrogen-bond donors (Lipinski definition) is 2. The average Bonchev–Trinajstić information content (AvgIpc) is 3.42. The molecule has 3 aromatic rings. The largest absolute Gasteiger partial charge is 0.487 e. The summed E-state index contributed by atoms with van der Waals surface area (Å²) in [6.07, 6.45) is 6.65. The number of nitrogens with zero attached hydrogens (tertiary/aromatic N) is 4. The lowest BCUT2D eigenvalue weighted by atomic mass is 10.0. The third-order valence-corrected chi connectivity index (χ3v) is 5.84. The third-order valence-electron chi connectivity index (χ3n) is 5.84. The Morgan fingerprint density at radius 1 is 1.40 bits per heavy atom. The summed E-state index contributed by atoms with van der Waals surface area (Å²) < 4.78 is 7.71. The van der Waals surface area contributed by atoms with E-state index in [-0.39, 0.29) is 24.0 Å². The second kappa shape index (κ2) is 6.98. The van der Waals surface area contributed by atoms with Crippen LogP contribution in [0.5, 0.6) is 5.75 Å². The minimum atomic E-state index is -0.271. The number of rotatable bonds is 4. The number of nitrogens with one attached hydrogen (secondary N) is 1. The molecule has 0 saturated carbocycles. The normalized spacial score (nSPS) is 19.7. The number of ether oxygens (including phenoxy) is 1. The summed E-state index contributed by atoms with van der Waals surface area (Å²) in [4.78, 5) is 19.6. The Kier molecular flexibility index (Phi) is 4.39. The van der Waals surface area contributed by atoms with Crippen molar-refractivity contribution in [3.8, 4) is 5.75 Å². The van der Waals surface area contributed by atoms with Crippen LogP contribution in [0, 0.1) is 5.92 Å². The summed E-state index contributed by atoms with van der Waals surface area (Å²) in [5.41, 5.74) is 3.41. The van der Waals surface area contributed by atoms with Gasteiger partial charge >= 0.3 is 0 Å². The predicted molar refractivity (Wildman–Crippen MR) is 113 cm³/mol. The van der Waals surface area contributed by atoms with E-state index in [2.05, 4.69) is 34.1 Å². The molecule has 1 fully saturated rings. The van der Waals surface area contributed by atoms with Gasteiger partial charge in [0.1, 0.15) is 16.9 Å². The van der Waals surface area contributed by atoms with Crippen molar-refractivity contribution in [2.75, 3.05) is 29.9 Å². The Morgan fingerprint density at radius 2 is 2.27 bits per heavy atom. The van der Waals surface area contributed by atoms with E-state index in [1.165, 1.54) is 6.20 Å². The third kappa shape index (κ3) is 3.27. The summed E-state index contributed by atoms with van der Waals surface area (Å²) in [5.74, 6) is 0.849. The highest BCUT2D eigenvalue weighted by Gasteiger charge is 2.33. The summed E-state index contributed by atoms with van der Waals surface area (Å²) in [6, 6.07) is 5.81. The van der Waals surface area contributed by atoms with Gasteiger partial charge in [0.2, 0.25) is 0 Å². The monoisotopic (exact) mass is 407 g/mol. The van der Waals surface area contributed by atoms with Crippen molar-refractivity contribution in [2.45, 2.75) is 32.3 Å². The number of benzene rings is 1. The summed E-state index contributed by atoms with van der Waals surface area (Å²) in [6.45, 7) is 5.87. The van der Waals surface area contributed by atoms with Gasteiger partial charge in [0.15, 0.2) is 5.65 Å². The standard InChI is InChI=1S/C22H25N5O3/c1-22(2)10-15-8-17(18(9-19(15)30-22)26-7-4-14(12-26)13-28)25-21(29)16-11-24-27-6-3-5-23-20(16)27/h3,5-6,8-9,11,14,28H,4,7,10,12-13H2,1-2H3,(H,25,29). The molecule has 30 heavy (non-hydrogen) atoms. The predicted octanol–water partition coefficient (Wildman–Crippen LogP) is 2.51. The topological polar surface area (TPSA) is 92.0 Å². The van der Waals surface area contributed by atoms with Crippen molar-refractivity contribution < 1.29 is 14.6 Å². The number of carbonyl (C=O) groups is 1. The molecule has 4 heterocycles. The molecule has 2 aliphatic heterocycles. The second-order valence-corrected chi connectivity index (χ2v) is 8.70. The highest BCUT2D eigenvalue weighted by molar-refractivity contribution is 6.09. The van der Waals surface area contributed by atoms with Crippen LogP contribution < -0.4 is 15.0 Å². The highest BCUT2D eigenvalue weighted by atomic mass is 16.5. The number of aliphatic hydroxyl groups is 1. The van der Waals surface area contributed by atoms with Gasteiger partial charge in [0, 0.05) is 56.1 Å². The minimum Gasteiger partial charge on any atom is -0.487 e. The first-order valence-corrected chi connectivity index (χ1v) is 10.2. The molecule has 0 spiro atoms. The molecular weight excluding hydrogens is 382 g/mol. The first-order valence-electron chi connectivity index (χ1n) is 10.2. The van der Waals surface area contributed by atoms with Crippen LogP contribution in [-0.4, -0.2) is 50.9 Å². The molecule has 2 N–H and O–H groups in total. The van der Waals surface area contributed by atoms with Gasteiger partial charge in [0.05, 0.1) is 17.6 Å². The lowest BCUT2D eigenvalue weighted by molar-refractivity contribution is 0.102. The first kappa shape index (κ1) is 18.9. The van der Waals surface area contributed by atoms with E-state index >= 15 is 0 Å². The van der Waals surface area contributed by atoms with E-state index in [1.54, 1.807) is 23.0 Å². The lowest BCUT2D eigenvalue weighted by Crippen LogP contribution is -2.24. The summed E-state index contributed by atoms with van der Waals surface area (Å²) >= 11 is 0. The van der Waals surface area contributed by atoms with Gasteiger partial charge in [-0.05, 0) is 32.4 Å². The van der Waals surface area contributed by atoms with Gasteiger partial charge in [-0.3, -0.25) is 4.79 Å². The van der Waals surface area contributed by atoms with Gasteiger partial charge in [-0.25, -0.2) is 9.50 Å². The molecular formula is C22H25N5O3. The fraction of sp³-hybridized carbons (Fsp3) is 0.409. The Bertz CT molecular complexity index is 1120. The van der Waals surface area contributed by atoms with Crippen molar-refractivity contribution in [3.63, 3.8) is 0 Å². The van der Waals surface area contributed by atoms with Crippen molar-refractivity contribution in [3.05, 3.63) is 47.9 Å². The Balaban J connectivity index is 1.51. The van der Waals surface area contributed by atoms with E-state index in [4.69, 9.17) is 4.74 Å². The molecule has 1 unspecified atom stereocenters. The van der Waals surface area contributed by atoms with Crippen molar-refractivity contribution in [2.24, 2.45) is 5.92 Å². The quantitative estimate of drug-likeness (QED) is 0.691. The fourth-order valence-corrected chi connectivity index (χ4v) is 4.38. The van der Waals surface area contributed by atoms with E-state index in [0.29, 0.717) is 11.2 Å².